The van der Waals surface area contributed by atoms with E-state index in [0.717, 1.165) is 44.4 Å². The number of amides is 1. The van der Waals surface area contributed by atoms with Crippen molar-refractivity contribution >= 4 is 44.9 Å². The number of aromatic nitrogens is 3. The molecule has 0 atom stereocenters. The number of hydrogen-bond donors (Lipinski definition) is 1. The Morgan fingerprint density at radius 3 is 2.53 bits per heavy atom. The molecule has 5 rings (SSSR count). The number of anilines is 3. The van der Waals surface area contributed by atoms with E-state index in [1.807, 2.05) is 69.6 Å². The molecule has 0 saturated carbocycles. The first-order chi connectivity index (χ1) is 14.3. The summed E-state index contributed by atoms with van der Waals surface area (Å²) in [5.74, 6) is 0.817. The van der Waals surface area contributed by atoms with Gasteiger partial charge in [-0.3, -0.25) is 4.79 Å². The van der Waals surface area contributed by atoms with Gasteiger partial charge < -0.3 is 10.2 Å². The first kappa shape index (κ1) is 18.7. The first-order valence-electron chi connectivity index (χ1n) is 9.73. The summed E-state index contributed by atoms with van der Waals surface area (Å²) in [5, 5.41) is 6.08. The second kappa shape index (κ2) is 6.60. The lowest BCUT2D eigenvalue weighted by molar-refractivity contribution is -0.121. The third-order valence-corrected chi connectivity index (χ3v) is 6.40. The maximum absolute atomic E-state index is 12.6. The third kappa shape index (κ3) is 2.85. The monoisotopic (exact) mass is 415 g/mol. The standard InChI is InChI=1S/C23H21N5OS/c1-13-20(25-17-8-6-5-7-16(17)24-13)27-22-26-18(12-30-22)14-9-10-19-15(11-14)23(2,3)21(29)28(19)4/h5-12H,1-4H3,(H,25,26,27). The van der Waals surface area contributed by atoms with Crippen molar-refractivity contribution in [3.63, 3.8) is 0 Å². The fourth-order valence-electron chi connectivity index (χ4n) is 3.90. The Morgan fingerprint density at radius 1 is 1.03 bits per heavy atom. The zero-order valence-corrected chi connectivity index (χ0v) is 18.0. The van der Waals surface area contributed by atoms with Crippen molar-refractivity contribution in [2.45, 2.75) is 26.2 Å². The van der Waals surface area contributed by atoms with Gasteiger partial charge in [0.2, 0.25) is 5.91 Å². The fraction of sp³-hybridized carbons (Fsp3) is 0.217. The topological polar surface area (TPSA) is 71.0 Å². The van der Waals surface area contributed by atoms with Crippen molar-refractivity contribution in [3.05, 3.63) is 59.1 Å². The summed E-state index contributed by atoms with van der Waals surface area (Å²) in [5.41, 5.74) is 5.87. The number of aryl methyl sites for hydroxylation is 1. The molecular formula is C23H21N5OS. The average Bonchev–Trinajstić information content (AvgIpc) is 3.26. The van der Waals surface area contributed by atoms with Gasteiger partial charge in [-0.25, -0.2) is 15.0 Å². The Hall–Kier alpha value is -3.32. The van der Waals surface area contributed by atoms with E-state index in [1.165, 1.54) is 11.3 Å². The van der Waals surface area contributed by atoms with Crippen LogP contribution in [0.25, 0.3) is 22.3 Å². The first-order valence-corrected chi connectivity index (χ1v) is 10.6. The molecule has 150 valence electrons. The highest BCUT2D eigenvalue weighted by Gasteiger charge is 2.42. The Balaban J connectivity index is 1.47. The quantitative estimate of drug-likeness (QED) is 0.506. The lowest BCUT2D eigenvalue weighted by Gasteiger charge is -2.16. The van der Waals surface area contributed by atoms with Crippen LogP contribution in [0.2, 0.25) is 0 Å². The molecule has 1 amide bonds. The van der Waals surface area contributed by atoms with Gasteiger partial charge in [0.1, 0.15) is 0 Å². The van der Waals surface area contributed by atoms with E-state index in [4.69, 9.17) is 4.98 Å². The number of fused-ring (bicyclic) bond motifs is 2. The van der Waals surface area contributed by atoms with Crippen molar-refractivity contribution in [1.82, 2.24) is 15.0 Å². The van der Waals surface area contributed by atoms with Gasteiger partial charge in [-0.2, -0.15) is 0 Å². The Morgan fingerprint density at radius 2 is 1.77 bits per heavy atom. The summed E-state index contributed by atoms with van der Waals surface area (Å²) >= 11 is 1.52. The summed E-state index contributed by atoms with van der Waals surface area (Å²) < 4.78 is 0. The molecule has 2 aromatic heterocycles. The number of benzene rings is 2. The van der Waals surface area contributed by atoms with Crippen LogP contribution < -0.4 is 10.2 Å². The van der Waals surface area contributed by atoms with Crippen LogP contribution in [0.4, 0.5) is 16.6 Å². The number of rotatable bonds is 3. The van der Waals surface area contributed by atoms with Crippen LogP contribution in [0.5, 0.6) is 0 Å². The third-order valence-electron chi connectivity index (χ3n) is 5.64. The molecule has 3 heterocycles. The molecule has 0 bridgehead atoms. The van der Waals surface area contributed by atoms with Crippen LogP contribution in [-0.4, -0.2) is 27.9 Å². The zero-order valence-electron chi connectivity index (χ0n) is 17.2. The number of para-hydroxylation sites is 2. The number of thiazole rings is 1. The highest BCUT2D eigenvalue weighted by molar-refractivity contribution is 7.14. The second-order valence-corrected chi connectivity index (χ2v) is 8.89. The van der Waals surface area contributed by atoms with E-state index in [9.17, 15) is 4.79 Å². The summed E-state index contributed by atoms with van der Waals surface area (Å²) in [4.78, 5) is 28.3. The molecule has 1 N–H and O–H groups in total. The van der Waals surface area contributed by atoms with Gasteiger partial charge in [0.15, 0.2) is 10.9 Å². The molecule has 1 aliphatic heterocycles. The Kier molecular flexibility index (Phi) is 4.11. The molecule has 6 nitrogen and oxygen atoms in total. The van der Waals surface area contributed by atoms with Crippen LogP contribution in [0.15, 0.2) is 47.8 Å². The molecule has 4 aromatic rings. The number of carbonyl (C=O) groups is 1. The van der Waals surface area contributed by atoms with E-state index in [-0.39, 0.29) is 5.91 Å². The van der Waals surface area contributed by atoms with E-state index < -0.39 is 5.41 Å². The van der Waals surface area contributed by atoms with E-state index in [0.29, 0.717) is 5.82 Å². The van der Waals surface area contributed by atoms with Gasteiger partial charge in [0.25, 0.3) is 0 Å². The number of nitrogens with zero attached hydrogens (tertiary/aromatic N) is 4. The van der Waals surface area contributed by atoms with Gasteiger partial charge >= 0.3 is 0 Å². The molecule has 0 radical (unpaired) electrons. The predicted molar refractivity (Wildman–Crippen MR) is 122 cm³/mol. The Labute approximate surface area is 178 Å². The molecule has 1 aliphatic rings. The summed E-state index contributed by atoms with van der Waals surface area (Å²) in [7, 11) is 1.83. The minimum Gasteiger partial charge on any atom is -0.315 e. The van der Waals surface area contributed by atoms with Crippen molar-refractivity contribution in [3.8, 4) is 11.3 Å². The molecule has 0 saturated heterocycles. The number of hydrogen-bond acceptors (Lipinski definition) is 6. The maximum Gasteiger partial charge on any atom is 0.236 e. The summed E-state index contributed by atoms with van der Waals surface area (Å²) in [6.45, 7) is 5.87. The largest absolute Gasteiger partial charge is 0.315 e. The van der Waals surface area contributed by atoms with Gasteiger partial charge in [-0.1, -0.05) is 18.2 Å². The van der Waals surface area contributed by atoms with Crippen molar-refractivity contribution in [2.75, 3.05) is 17.3 Å². The number of likely N-dealkylation sites (N-methyl/N-ethyl adjacent to an activating group) is 1. The predicted octanol–water partition coefficient (Wildman–Crippen LogP) is 5.06. The molecule has 2 aromatic carbocycles. The van der Waals surface area contributed by atoms with Crippen LogP contribution >= 0.6 is 11.3 Å². The van der Waals surface area contributed by atoms with E-state index >= 15 is 0 Å². The molecule has 30 heavy (non-hydrogen) atoms. The smallest absolute Gasteiger partial charge is 0.236 e. The zero-order chi connectivity index (χ0) is 21.0. The van der Waals surface area contributed by atoms with Crippen LogP contribution in [0.1, 0.15) is 25.1 Å². The lowest BCUT2D eigenvalue weighted by atomic mass is 9.85. The highest BCUT2D eigenvalue weighted by Crippen LogP contribution is 2.42. The van der Waals surface area contributed by atoms with Crippen LogP contribution in [0, 0.1) is 6.92 Å². The summed E-state index contributed by atoms with van der Waals surface area (Å²) in [6.07, 6.45) is 0. The minimum atomic E-state index is -0.533. The molecular weight excluding hydrogens is 394 g/mol. The molecule has 0 aliphatic carbocycles. The second-order valence-electron chi connectivity index (χ2n) is 8.03. The summed E-state index contributed by atoms with van der Waals surface area (Å²) in [6, 6.07) is 13.9. The fourth-order valence-corrected chi connectivity index (χ4v) is 4.62. The van der Waals surface area contributed by atoms with Crippen LogP contribution in [-0.2, 0) is 10.2 Å². The maximum atomic E-state index is 12.6. The van der Waals surface area contributed by atoms with E-state index in [2.05, 4.69) is 21.4 Å². The van der Waals surface area contributed by atoms with Gasteiger partial charge in [0.05, 0.1) is 27.8 Å². The molecule has 0 unspecified atom stereocenters. The molecule has 7 heteroatoms. The average molecular weight is 416 g/mol. The highest BCUT2D eigenvalue weighted by atomic mass is 32.1. The number of nitrogens with one attached hydrogen (secondary N) is 1. The lowest BCUT2D eigenvalue weighted by Crippen LogP contribution is -2.33. The SMILES string of the molecule is Cc1nc2ccccc2nc1Nc1nc(-c2ccc3c(c2)C(C)(C)C(=O)N3C)cs1. The molecule has 0 fully saturated rings. The van der Waals surface area contributed by atoms with Crippen molar-refractivity contribution in [2.24, 2.45) is 0 Å². The van der Waals surface area contributed by atoms with E-state index in [1.54, 1.807) is 4.90 Å². The van der Waals surface area contributed by atoms with Crippen molar-refractivity contribution < 1.29 is 4.79 Å². The minimum absolute atomic E-state index is 0.112. The van der Waals surface area contributed by atoms with Gasteiger partial charge in [-0.05, 0) is 50.6 Å². The van der Waals surface area contributed by atoms with Crippen LogP contribution in [0.3, 0.4) is 0 Å². The normalized spacial score (nSPS) is 14.9. The molecule has 0 spiro atoms. The van der Waals surface area contributed by atoms with Gasteiger partial charge in [-0.15, -0.1) is 11.3 Å². The Bertz CT molecular complexity index is 1310. The van der Waals surface area contributed by atoms with Gasteiger partial charge in [0, 0.05) is 23.7 Å². The number of carbonyl (C=O) groups excluding carboxylic acids is 1. The van der Waals surface area contributed by atoms with Crippen molar-refractivity contribution in [1.29, 1.82) is 0 Å².